The van der Waals surface area contributed by atoms with Gasteiger partial charge in [-0.15, -0.1) is 6.42 Å². The van der Waals surface area contributed by atoms with E-state index in [9.17, 15) is 0 Å². The Morgan fingerprint density at radius 3 is 2.71 bits per heavy atom. The van der Waals surface area contributed by atoms with Crippen molar-refractivity contribution in [3.8, 4) is 23.7 Å². The van der Waals surface area contributed by atoms with Crippen LogP contribution >= 0.6 is 0 Å². The van der Waals surface area contributed by atoms with E-state index in [1.165, 1.54) is 0 Å². The molecule has 0 saturated carbocycles. The van der Waals surface area contributed by atoms with Gasteiger partial charge in [0.2, 0.25) is 0 Å². The lowest BCUT2D eigenvalue weighted by molar-refractivity contribution is 0.0758. The van der Waals surface area contributed by atoms with Crippen molar-refractivity contribution in [3.05, 3.63) is 48.2 Å². The second-order valence-corrected chi connectivity index (χ2v) is 3.73. The zero-order valence-corrected chi connectivity index (χ0v) is 9.72. The van der Waals surface area contributed by atoms with Gasteiger partial charge in [-0.25, -0.2) is 0 Å². The van der Waals surface area contributed by atoms with Gasteiger partial charge < -0.3 is 9.15 Å². The molecule has 0 fully saturated rings. The Morgan fingerprint density at radius 1 is 1.24 bits per heavy atom. The van der Waals surface area contributed by atoms with E-state index in [1.54, 1.807) is 0 Å². The highest BCUT2D eigenvalue weighted by molar-refractivity contribution is 5.57. The van der Waals surface area contributed by atoms with Crippen LogP contribution in [0.2, 0.25) is 0 Å². The zero-order chi connectivity index (χ0) is 12.1. The summed E-state index contributed by atoms with van der Waals surface area (Å²) in [6.07, 6.45) is 5.02. The molecular formula is C15H14O2. The molecule has 0 radical (unpaired) electrons. The van der Waals surface area contributed by atoms with Gasteiger partial charge >= 0.3 is 0 Å². The Balaban J connectivity index is 2.14. The molecule has 2 nitrogen and oxygen atoms in total. The van der Waals surface area contributed by atoms with Gasteiger partial charge in [-0.2, -0.15) is 0 Å². The van der Waals surface area contributed by atoms with E-state index in [0.717, 1.165) is 17.1 Å². The quantitative estimate of drug-likeness (QED) is 0.742. The maximum atomic E-state index is 5.73. The second-order valence-electron chi connectivity index (χ2n) is 3.73. The number of hydrogen-bond donors (Lipinski definition) is 0. The number of terminal acetylenes is 1. The van der Waals surface area contributed by atoms with Gasteiger partial charge in [0.25, 0.3) is 0 Å². The van der Waals surface area contributed by atoms with Crippen molar-refractivity contribution in [2.75, 3.05) is 6.61 Å². The molecule has 0 aliphatic carbocycles. The zero-order valence-electron chi connectivity index (χ0n) is 9.72. The first-order valence-electron chi connectivity index (χ1n) is 5.51. The van der Waals surface area contributed by atoms with Crippen LogP contribution in [0.3, 0.4) is 0 Å². The van der Waals surface area contributed by atoms with E-state index in [4.69, 9.17) is 15.6 Å². The molecule has 0 aliphatic rings. The van der Waals surface area contributed by atoms with E-state index >= 15 is 0 Å². The van der Waals surface area contributed by atoms with Gasteiger partial charge in [0.05, 0.1) is 0 Å². The van der Waals surface area contributed by atoms with E-state index in [0.29, 0.717) is 6.61 Å². The van der Waals surface area contributed by atoms with Crippen LogP contribution in [0.15, 0.2) is 46.9 Å². The highest BCUT2D eigenvalue weighted by Gasteiger charge is 2.11. The maximum absolute atomic E-state index is 5.73. The van der Waals surface area contributed by atoms with Crippen LogP contribution in [0.25, 0.3) is 11.3 Å². The minimum Gasteiger partial charge on any atom is -0.458 e. The molecule has 1 atom stereocenters. The predicted molar refractivity (Wildman–Crippen MR) is 67.3 cm³/mol. The summed E-state index contributed by atoms with van der Waals surface area (Å²) in [4.78, 5) is 0. The monoisotopic (exact) mass is 226 g/mol. The molecule has 0 saturated heterocycles. The van der Waals surface area contributed by atoms with Crippen LogP contribution in [-0.4, -0.2) is 6.61 Å². The van der Waals surface area contributed by atoms with Crippen molar-refractivity contribution in [1.82, 2.24) is 0 Å². The first-order chi connectivity index (χ1) is 8.31. The molecular weight excluding hydrogens is 212 g/mol. The lowest BCUT2D eigenvalue weighted by atomic mass is 10.2. The van der Waals surface area contributed by atoms with Crippen molar-refractivity contribution < 1.29 is 9.15 Å². The molecule has 0 aliphatic heterocycles. The van der Waals surface area contributed by atoms with Gasteiger partial charge in [-0.3, -0.25) is 0 Å². The molecule has 2 heteroatoms. The SMILES string of the molecule is C#CCOC(C)c1ccc(-c2ccccc2)o1. The van der Waals surface area contributed by atoms with Gasteiger partial charge in [0.1, 0.15) is 24.2 Å². The third kappa shape index (κ3) is 2.77. The summed E-state index contributed by atoms with van der Waals surface area (Å²) >= 11 is 0. The fourth-order valence-electron chi connectivity index (χ4n) is 1.58. The predicted octanol–water partition coefficient (Wildman–Crippen LogP) is 3.66. The third-order valence-electron chi connectivity index (χ3n) is 2.50. The maximum Gasteiger partial charge on any atom is 0.134 e. The molecule has 1 unspecified atom stereocenters. The van der Waals surface area contributed by atoms with Crippen molar-refractivity contribution in [2.45, 2.75) is 13.0 Å². The van der Waals surface area contributed by atoms with Crippen LogP contribution in [-0.2, 0) is 4.74 Å². The van der Waals surface area contributed by atoms with Crippen molar-refractivity contribution in [3.63, 3.8) is 0 Å². The van der Waals surface area contributed by atoms with E-state index in [1.807, 2.05) is 49.4 Å². The lowest BCUT2D eigenvalue weighted by Gasteiger charge is -2.07. The molecule has 0 N–H and O–H groups in total. The molecule has 2 rings (SSSR count). The number of furan rings is 1. The summed E-state index contributed by atoms with van der Waals surface area (Å²) in [5, 5.41) is 0. The van der Waals surface area contributed by atoms with Crippen LogP contribution < -0.4 is 0 Å². The Bertz CT molecular complexity index is 505. The minimum atomic E-state index is -0.122. The average Bonchev–Trinajstić information content (AvgIpc) is 2.86. The number of rotatable bonds is 4. The average molecular weight is 226 g/mol. The summed E-state index contributed by atoms with van der Waals surface area (Å²) in [6.45, 7) is 2.22. The number of hydrogen-bond acceptors (Lipinski definition) is 2. The van der Waals surface area contributed by atoms with E-state index in [-0.39, 0.29) is 6.10 Å². The van der Waals surface area contributed by atoms with Crippen molar-refractivity contribution in [1.29, 1.82) is 0 Å². The fourth-order valence-corrected chi connectivity index (χ4v) is 1.58. The summed E-state index contributed by atoms with van der Waals surface area (Å²) in [5.41, 5.74) is 1.06. The molecule has 17 heavy (non-hydrogen) atoms. The van der Waals surface area contributed by atoms with Crippen LogP contribution in [0.4, 0.5) is 0 Å². The van der Waals surface area contributed by atoms with Gasteiger partial charge in [-0.05, 0) is 19.1 Å². The van der Waals surface area contributed by atoms with Crippen molar-refractivity contribution >= 4 is 0 Å². The molecule has 0 bridgehead atoms. The number of ether oxygens (including phenoxy) is 1. The normalized spacial score (nSPS) is 12.0. The van der Waals surface area contributed by atoms with Crippen LogP contribution in [0.5, 0.6) is 0 Å². The van der Waals surface area contributed by atoms with Crippen molar-refractivity contribution in [2.24, 2.45) is 0 Å². The Hall–Kier alpha value is -1.98. The van der Waals surface area contributed by atoms with Crippen LogP contribution in [0, 0.1) is 12.3 Å². The number of benzene rings is 1. The summed E-state index contributed by atoms with van der Waals surface area (Å²) < 4.78 is 11.1. The Morgan fingerprint density at radius 2 is 2.00 bits per heavy atom. The molecule has 1 heterocycles. The smallest absolute Gasteiger partial charge is 0.134 e. The second kappa shape index (κ2) is 5.38. The topological polar surface area (TPSA) is 22.4 Å². The molecule has 86 valence electrons. The molecule has 0 amide bonds. The Kier molecular flexibility index (Phi) is 3.64. The highest BCUT2D eigenvalue weighted by atomic mass is 16.5. The molecule has 0 spiro atoms. The fraction of sp³-hybridized carbons (Fsp3) is 0.200. The molecule has 1 aromatic heterocycles. The van der Waals surface area contributed by atoms with E-state index < -0.39 is 0 Å². The standard InChI is InChI=1S/C15H14O2/c1-3-11-16-12(2)14-9-10-15(17-14)13-7-5-4-6-8-13/h1,4-10,12H,11H2,2H3. The van der Waals surface area contributed by atoms with E-state index in [2.05, 4.69) is 5.92 Å². The lowest BCUT2D eigenvalue weighted by Crippen LogP contribution is -1.98. The third-order valence-corrected chi connectivity index (χ3v) is 2.50. The van der Waals surface area contributed by atoms with Crippen LogP contribution in [0.1, 0.15) is 18.8 Å². The first-order valence-corrected chi connectivity index (χ1v) is 5.51. The first kappa shape index (κ1) is 11.5. The van der Waals surface area contributed by atoms with Gasteiger partial charge in [-0.1, -0.05) is 36.3 Å². The Labute approximate surface area is 101 Å². The summed E-state index contributed by atoms with van der Waals surface area (Å²) in [7, 11) is 0. The minimum absolute atomic E-state index is 0.122. The molecule has 1 aromatic carbocycles. The van der Waals surface area contributed by atoms with Gasteiger partial charge in [0, 0.05) is 5.56 Å². The van der Waals surface area contributed by atoms with Gasteiger partial charge in [0.15, 0.2) is 0 Å². The molecule has 2 aromatic rings. The summed E-state index contributed by atoms with van der Waals surface area (Å²) in [6, 6.07) is 13.8. The summed E-state index contributed by atoms with van der Waals surface area (Å²) in [5.74, 6) is 4.08. The largest absolute Gasteiger partial charge is 0.458 e. The highest BCUT2D eigenvalue weighted by Crippen LogP contribution is 2.26.